The zero-order chi connectivity index (χ0) is 20.3. The Hall–Kier alpha value is -2.42. The second-order valence-corrected chi connectivity index (χ2v) is 9.08. The largest absolute Gasteiger partial charge is 0.321 e. The number of benzene rings is 2. The molecule has 1 heterocycles. The number of para-hydroxylation sites is 1. The van der Waals surface area contributed by atoms with Gasteiger partial charge >= 0.3 is 0 Å². The van der Waals surface area contributed by atoms with Crippen LogP contribution in [0, 0.1) is 6.92 Å². The van der Waals surface area contributed by atoms with Gasteiger partial charge in [0.1, 0.15) is 4.88 Å². The molecule has 0 bridgehead atoms. The molecule has 0 unspecified atom stereocenters. The van der Waals surface area contributed by atoms with Crippen LogP contribution in [0.3, 0.4) is 0 Å². The minimum atomic E-state index is -3.82. The van der Waals surface area contributed by atoms with Crippen molar-refractivity contribution < 1.29 is 13.2 Å². The maximum Gasteiger partial charge on any atom is 0.267 e. The lowest BCUT2D eigenvalue weighted by molar-refractivity contribution is 0.102. The van der Waals surface area contributed by atoms with Gasteiger partial charge in [-0.15, -0.1) is 0 Å². The van der Waals surface area contributed by atoms with E-state index < -0.39 is 10.0 Å². The Kier molecular flexibility index (Phi) is 6.02. The van der Waals surface area contributed by atoms with Crippen molar-refractivity contribution in [2.75, 3.05) is 10.0 Å². The fraction of sp³-hybridized carbons (Fsp3) is 0.158. The summed E-state index contributed by atoms with van der Waals surface area (Å²) in [5.41, 5.74) is 2.19. The molecule has 2 aromatic carbocycles. The van der Waals surface area contributed by atoms with Gasteiger partial charge in [-0.05, 0) is 49.2 Å². The quantitative estimate of drug-likeness (QED) is 0.586. The minimum Gasteiger partial charge on any atom is -0.321 e. The van der Waals surface area contributed by atoms with E-state index in [0.29, 0.717) is 15.6 Å². The zero-order valence-electron chi connectivity index (χ0n) is 15.2. The van der Waals surface area contributed by atoms with Crippen LogP contribution in [0.25, 0.3) is 0 Å². The molecule has 9 heteroatoms. The molecule has 2 N–H and O–H groups in total. The fourth-order valence-electron chi connectivity index (χ4n) is 2.57. The number of amides is 1. The fourth-order valence-corrected chi connectivity index (χ4v) is 4.79. The van der Waals surface area contributed by atoms with Crippen LogP contribution < -0.4 is 10.0 Å². The summed E-state index contributed by atoms with van der Waals surface area (Å²) >= 11 is 6.78. The van der Waals surface area contributed by atoms with Gasteiger partial charge in [0.05, 0.1) is 10.6 Å². The monoisotopic (exact) mass is 435 g/mol. The summed E-state index contributed by atoms with van der Waals surface area (Å²) in [6.45, 7) is 3.67. The SMILES string of the molecule is CCc1ccccc1NC(=O)c1sc(NS(=O)(=O)c2ccc(Cl)cc2)nc1C. The average Bonchev–Trinajstić information content (AvgIpc) is 3.02. The van der Waals surface area contributed by atoms with E-state index in [1.54, 1.807) is 6.92 Å². The number of carbonyl (C=O) groups excluding carboxylic acids is 1. The highest BCUT2D eigenvalue weighted by Gasteiger charge is 2.20. The molecular weight excluding hydrogens is 418 g/mol. The van der Waals surface area contributed by atoms with Gasteiger partial charge in [-0.1, -0.05) is 48.1 Å². The van der Waals surface area contributed by atoms with Gasteiger partial charge in [-0.2, -0.15) is 0 Å². The second kappa shape index (κ2) is 8.30. The number of halogens is 1. The molecule has 6 nitrogen and oxygen atoms in total. The van der Waals surface area contributed by atoms with E-state index in [2.05, 4.69) is 15.0 Å². The van der Waals surface area contributed by atoms with Gasteiger partial charge < -0.3 is 5.32 Å². The summed E-state index contributed by atoms with van der Waals surface area (Å²) in [5.74, 6) is -0.326. The van der Waals surface area contributed by atoms with Gasteiger partial charge in [-0.3, -0.25) is 9.52 Å². The molecular formula is C19H18ClN3O3S2. The van der Waals surface area contributed by atoms with Crippen molar-refractivity contribution >= 4 is 49.7 Å². The smallest absolute Gasteiger partial charge is 0.267 e. The van der Waals surface area contributed by atoms with Crippen molar-refractivity contribution in [3.8, 4) is 0 Å². The lowest BCUT2D eigenvalue weighted by Crippen LogP contribution is -2.13. The molecule has 28 heavy (non-hydrogen) atoms. The average molecular weight is 436 g/mol. The second-order valence-electron chi connectivity index (χ2n) is 5.96. The van der Waals surface area contributed by atoms with Gasteiger partial charge in [0, 0.05) is 10.7 Å². The number of hydrogen-bond donors (Lipinski definition) is 2. The van der Waals surface area contributed by atoms with Crippen LogP contribution in [-0.4, -0.2) is 19.3 Å². The number of rotatable bonds is 6. The number of aromatic nitrogens is 1. The number of hydrogen-bond acceptors (Lipinski definition) is 5. The number of anilines is 2. The van der Waals surface area contributed by atoms with Gasteiger partial charge in [0.2, 0.25) is 0 Å². The first-order chi connectivity index (χ1) is 13.3. The number of sulfonamides is 1. The summed E-state index contributed by atoms with van der Waals surface area (Å²) in [7, 11) is -3.82. The molecule has 0 aliphatic heterocycles. The maximum absolute atomic E-state index is 12.7. The third kappa shape index (κ3) is 4.52. The normalized spacial score (nSPS) is 11.2. The molecule has 0 fully saturated rings. The Morgan fingerprint density at radius 3 is 2.50 bits per heavy atom. The Balaban J connectivity index is 1.81. The highest BCUT2D eigenvalue weighted by Crippen LogP contribution is 2.27. The first kappa shape index (κ1) is 20.3. The van der Waals surface area contributed by atoms with E-state index in [0.717, 1.165) is 29.0 Å². The highest BCUT2D eigenvalue weighted by molar-refractivity contribution is 7.93. The van der Waals surface area contributed by atoms with E-state index in [9.17, 15) is 13.2 Å². The van der Waals surface area contributed by atoms with Gasteiger partial charge in [-0.25, -0.2) is 13.4 Å². The van der Waals surface area contributed by atoms with E-state index in [1.807, 2.05) is 31.2 Å². The van der Waals surface area contributed by atoms with E-state index in [-0.39, 0.29) is 15.9 Å². The minimum absolute atomic E-state index is 0.0626. The van der Waals surface area contributed by atoms with Crippen LogP contribution in [0.2, 0.25) is 5.02 Å². The first-order valence-corrected chi connectivity index (χ1v) is 11.1. The lowest BCUT2D eigenvalue weighted by atomic mass is 10.1. The van der Waals surface area contributed by atoms with Gasteiger partial charge in [0.25, 0.3) is 15.9 Å². The predicted molar refractivity (Wildman–Crippen MR) is 113 cm³/mol. The van der Waals surface area contributed by atoms with E-state index in [4.69, 9.17) is 11.6 Å². The predicted octanol–water partition coefficient (Wildman–Crippen LogP) is 4.72. The van der Waals surface area contributed by atoms with Crippen LogP contribution in [0.4, 0.5) is 10.8 Å². The molecule has 0 aliphatic carbocycles. The van der Waals surface area contributed by atoms with Crippen molar-refractivity contribution in [1.29, 1.82) is 0 Å². The van der Waals surface area contributed by atoms with E-state index >= 15 is 0 Å². The Morgan fingerprint density at radius 2 is 1.82 bits per heavy atom. The third-order valence-corrected chi connectivity index (χ3v) is 6.80. The number of nitrogens with one attached hydrogen (secondary N) is 2. The van der Waals surface area contributed by atoms with Crippen molar-refractivity contribution in [3.63, 3.8) is 0 Å². The topological polar surface area (TPSA) is 88.2 Å². The van der Waals surface area contributed by atoms with E-state index in [1.165, 1.54) is 24.3 Å². The summed E-state index contributed by atoms with van der Waals surface area (Å²) in [4.78, 5) is 17.3. The molecule has 1 amide bonds. The Labute approximate surface area is 172 Å². The molecule has 0 atom stereocenters. The lowest BCUT2D eigenvalue weighted by Gasteiger charge is -2.08. The number of nitrogens with zero attached hydrogens (tertiary/aromatic N) is 1. The van der Waals surface area contributed by atoms with Crippen LogP contribution in [0.1, 0.15) is 27.9 Å². The molecule has 3 aromatic rings. The molecule has 0 spiro atoms. The summed E-state index contributed by atoms with van der Waals surface area (Å²) in [5, 5.41) is 3.44. The number of carbonyl (C=O) groups is 1. The Bertz CT molecular complexity index is 1110. The summed E-state index contributed by atoms with van der Waals surface area (Å²) in [6.07, 6.45) is 0.782. The third-order valence-electron chi connectivity index (χ3n) is 3.99. The van der Waals surface area contributed by atoms with Crippen LogP contribution >= 0.6 is 22.9 Å². The van der Waals surface area contributed by atoms with Crippen molar-refractivity contribution in [1.82, 2.24) is 4.98 Å². The van der Waals surface area contributed by atoms with Gasteiger partial charge in [0.15, 0.2) is 5.13 Å². The van der Waals surface area contributed by atoms with Crippen molar-refractivity contribution in [2.24, 2.45) is 0 Å². The molecule has 1 aromatic heterocycles. The Morgan fingerprint density at radius 1 is 1.14 bits per heavy atom. The van der Waals surface area contributed by atoms with Crippen molar-refractivity contribution in [2.45, 2.75) is 25.2 Å². The van der Waals surface area contributed by atoms with Crippen LogP contribution in [-0.2, 0) is 16.4 Å². The van der Waals surface area contributed by atoms with Crippen LogP contribution in [0.5, 0.6) is 0 Å². The van der Waals surface area contributed by atoms with Crippen LogP contribution in [0.15, 0.2) is 53.4 Å². The van der Waals surface area contributed by atoms with Crippen molar-refractivity contribution in [3.05, 3.63) is 69.7 Å². The maximum atomic E-state index is 12.7. The molecule has 146 valence electrons. The zero-order valence-corrected chi connectivity index (χ0v) is 17.6. The number of thiazole rings is 1. The highest BCUT2D eigenvalue weighted by atomic mass is 35.5. The molecule has 0 aliphatic rings. The molecule has 0 radical (unpaired) electrons. The molecule has 0 saturated heterocycles. The first-order valence-electron chi connectivity index (χ1n) is 8.45. The molecule has 3 rings (SSSR count). The molecule has 0 saturated carbocycles. The number of aryl methyl sites for hydroxylation is 2. The summed E-state index contributed by atoms with van der Waals surface area (Å²) in [6, 6.07) is 13.3. The standard InChI is InChI=1S/C19H18ClN3O3S2/c1-3-13-6-4-5-7-16(13)22-18(24)17-12(2)21-19(27-17)23-28(25,26)15-10-8-14(20)9-11-15/h4-11H,3H2,1-2H3,(H,21,23)(H,22,24). The summed E-state index contributed by atoms with van der Waals surface area (Å²) < 4.78 is 27.4.